The van der Waals surface area contributed by atoms with Crippen molar-refractivity contribution in [2.75, 3.05) is 13.2 Å². The molecule has 0 bridgehead atoms. The first-order chi connectivity index (χ1) is 14.2. The molecule has 0 aromatic heterocycles. The van der Waals surface area contributed by atoms with Crippen molar-refractivity contribution in [2.24, 2.45) is 5.92 Å². The molecule has 1 saturated carbocycles. The zero-order chi connectivity index (χ0) is 20.2. The molecule has 3 aliphatic rings. The van der Waals surface area contributed by atoms with E-state index in [4.69, 9.17) is 14.2 Å². The highest BCUT2D eigenvalue weighted by atomic mass is 79.9. The summed E-state index contributed by atoms with van der Waals surface area (Å²) in [6, 6.07) is 4.24. The summed E-state index contributed by atoms with van der Waals surface area (Å²) < 4.78 is 18.8. The van der Waals surface area contributed by atoms with E-state index in [9.17, 15) is 9.90 Å². The molecule has 29 heavy (non-hydrogen) atoms. The van der Waals surface area contributed by atoms with E-state index in [1.165, 1.54) is 18.1 Å². The van der Waals surface area contributed by atoms with Crippen LogP contribution in [0.4, 0.5) is 0 Å². The lowest BCUT2D eigenvalue weighted by atomic mass is 9.86. The fourth-order valence-corrected chi connectivity index (χ4v) is 5.38. The molecule has 0 radical (unpaired) electrons. The summed E-state index contributed by atoms with van der Waals surface area (Å²) in [5.74, 6) is 0.980. The number of benzene rings is 1. The van der Waals surface area contributed by atoms with Crippen LogP contribution >= 0.6 is 15.9 Å². The summed E-state index contributed by atoms with van der Waals surface area (Å²) in [6.45, 7) is 1.53. The van der Waals surface area contributed by atoms with Crippen molar-refractivity contribution in [2.45, 2.75) is 69.4 Å². The van der Waals surface area contributed by atoms with E-state index < -0.39 is 6.10 Å². The van der Waals surface area contributed by atoms with Crippen LogP contribution in [0.1, 0.15) is 55.6 Å². The number of aryl methyl sites for hydroxylation is 1. The van der Waals surface area contributed by atoms with Gasteiger partial charge in [-0.05, 0) is 62.3 Å². The first-order valence-corrected chi connectivity index (χ1v) is 11.5. The van der Waals surface area contributed by atoms with Gasteiger partial charge in [-0.3, -0.25) is 4.79 Å². The summed E-state index contributed by atoms with van der Waals surface area (Å²) in [4.78, 5) is 10.8. The molecule has 4 rings (SSSR count). The molecular weight excluding hydrogens is 436 g/mol. The van der Waals surface area contributed by atoms with Gasteiger partial charge in [0.15, 0.2) is 6.29 Å². The number of carbonyl (C=O) groups excluding carboxylic acids is 1. The Morgan fingerprint density at radius 2 is 2.17 bits per heavy atom. The number of rotatable bonds is 8. The Hall–Kier alpha value is -1.21. The topological polar surface area (TPSA) is 65.0 Å². The number of fused-ring (bicyclic) bond motifs is 3. The number of unbranched alkanes of at least 4 members (excludes halogenated alkanes) is 1. The third-order valence-corrected chi connectivity index (χ3v) is 6.67. The number of allylic oxidation sites excluding steroid dienone is 1. The third-order valence-electron chi connectivity index (χ3n) is 6.22. The second-order valence-corrected chi connectivity index (χ2v) is 9.11. The van der Waals surface area contributed by atoms with Crippen LogP contribution in [0, 0.1) is 5.92 Å². The number of hydrogen-bond acceptors (Lipinski definition) is 5. The zero-order valence-corrected chi connectivity index (χ0v) is 18.2. The first kappa shape index (κ1) is 21.0. The summed E-state index contributed by atoms with van der Waals surface area (Å²) in [5, 5.41) is 10.4. The maximum atomic E-state index is 10.8. The van der Waals surface area contributed by atoms with Crippen molar-refractivity contribution in [1.82, 2.24) is 0 Å². The van der Waals surface area contributed by atoms with E-state index in [0.717, 1.165) is 67.4 Å². The van der Waals surface area contributed by atoms with Crippen molar-refractivity contribution < 1.29 is 24.1 Å². The SMILES string of the molecule is O=CC=CC1C(O)C[C@H]2Oc3c(CCCCOC4CCCCO4)cc(Br)cc3[C@@H]12. The van der Waals surface area contributed by atoms with Gasteiger partial charge in [0.25, 0.3) is 0 Å². The highest BCUT2D eigenvalue weighted by Gasteiger charge is 2.49. The number of aliphatic hydroxyl groups excluding tert-OH is 1. The Morgan fingerprint density at radius 3 is 2.97 bits per heavy atom. The summed E-state index contributed by atoms with van der Waals surface area (Å²) in [5.41, 5.74) is 2.34. The number of carbonyl (C=O) groups is 1. The van der Waals surface area contributed by atoms with E-state index in [2.05, 4.69) is 28.1 Å². The van der Waals surface area contributed by atoms with Crippen molar-refractivity contribution in [1.29, 1.82) is 0 Å². The second kappa shape index (κ2) is 9.73. The molecule has 3 unspecified atom stereocenters. The van der Waals surface area contributed by atoms with E-state index in [1.54, 1.807) is 0 Å². The lowest BCUT2D eigenvalue weighted by molar-refractivity contribution is -0.162. The van der Waals surface area contributed by atoms with E-state index in [1.807, 2.05) is 6.08 Å². The van der Waals surface area contributed by atoms with Crippen molar-refractivity contribution in [3.63, 3.8) is 0 Å². The minimum atomic E-state index is -0.476. The summed E-state index contributed by atoms with van der Waals surface area (Å²) in [6.07, 6.45) is 10.4. The maximum Gasteiger partial charge on any atom is 0.157 e. The van der Waals surface area contributed by atoms with Gasteiger partial charge < -0.3 is 19.3 Å². The minimum Gasteiger partial charge on any atom is -0.489 e. The minimum absolute atomic E-state index is 0.0237. The van der Waals surface area contributed by atoms with Crippen molar-refractivity contribution >= 4 is 22.2 Å². The normalized spacial score (nSPS) is 30.9. The number of aliphatic hydroxyl groups is 1. The Bertz CT molecular complexity index is 743. The van der Waals surface area contributed by atoms with E-state index in [-0.39, 0.29) is 24.2 Å². The second-order valence-electron chi connectivity index (χ2n) is 8.19. The molecule has 0 spiro atoms. The molecule has 1 aromatic carbocycles. The molecule has 6 heteroatoms. The fourth-order valence-electron chi connectivity index (χ4n) is 4.86. The van der Waals surface area contributed by atoms with Gasteiger partial charge in [-0.25, -0.2) is 0 Å². The predicted octanol–water partition coefficient (Wildman–Crippen LogP) is 4.30. The van der Waals surface area contributed by atoms with Crippen LogP contribution in [0.5, 0.6) is 5.75 Å². The van der Waals surface area contributed by atoms with Crippen LogP contribution < -0.4 is 4.74 Å². The molecule has 2 heterocycles. The van der Waals surface area contributed by atoms with Crippen molar-refractivity contribution in [3.05, 3.63) is 39.9 Å². The number of aldehydes is 1. The molecule has 158 valence electrons. The van der Waals surface area contributed by atoms with Crippen LogP contribution in [0.3, 0.4) is 0 Å². The lowest BCUT2D eigenvalue weighted by Gasteiger charge is -2.22. The smallest absolute Gasteiger partial charge is 0.157 e. The van der Waals surface area contributed by atoms with Gasteiger partial charge in [-0.15, -0.1) is 0 Å². The summed E-state index contributed by atoms with van der Waals surface area (Å²) >= 11 is 3.64. The molecule has 2 aliphatic heterocycles. The quantitative estimate of drug-likeness (QED) is 0.353. The van der Waals surface area contributed by atoms with Gasteiger partial charge in [-0.2, -0.15) is 0 Å². The zero-order valence-electron chi connectivity index (χ0n) is 16.6. The average Bonchev–Trinajstić information content (AvgIpc) is 3.22. The van der Waals surface area contributed by atoms with Gasteiger partial charge in [0.1, 0.15) is 18.1 Å². The fraction of sp³-hybridized carbons (Fsp3) is 0.609. The Balaban J connectivity index is 1.38. The lowest BCUT2D eigenvalue weighted by Crippen LogP contribution is -2.22. The standard InChI is InChI=1S/C23H29BrO5/c24-16-12-15(6-1-3-10-27-21-8-2-4-11-28-21)23-18(13-16)22-17(7-5-9-25)19(26)14-20(22)29-23/h5,7,9,12-13,17,19-22,26H,1-4,6,8,10-11,14H2/t17?,19?,20-,21?,22-/m1/s1. The Morgan fingerprint density at radius 1 is 1.28 bits per heavy atom. The van der Waals surface area contributed by atoms with E-state index in [0.29, 0.717) is 6.42 Å². The number of ether oxygens (including phenoxy) is 3. The van der Waals surface area contributed by atoms with Gasteiger partial charge in [-0.1, -0.05) is 22.0 Å². The molecular formula is C23H29BrO5. The van der Waals surface area contributed by atoms with Gasteiger partial charge >= 0.3 is 0 Å². The highest BCUT2D eigenvalue weighted by molar-refractivity contribution is 9.10. The molecule has 1 saturated heterocycles. The van der Waals surface area contributed by atoms with Crippen molar-refractivity contribution in [3.8, 4) is 5.75 Å². The molecule has 0 amide bonds. The van der Waals surface area contributed by atoms with Gasteiger partial charge in [0.2, 0.25) is 0 Å². The third kappa shape index (κ3) is 4.76. The van der Waals surface area contributed by atoms with Crippen LogP contribution in [0.15, 0.2) is 28.8 Å². The largest absolute Gasteiger partial charge is 0.489 e. The molecule has 1 N–H and O–H groups in total. The molecule has 1 aromatic rings. The van der Waals surface area contributed by atoms with Gasteiger partial charge in [0.05, 0.1) is 6.10 Å². The average molecular weight is 465 g/mol. The monoisotopic (exact) mass is 464 g/mol. The molecule has 5 atom stereocenters. The summed E-state index contributed by atoms with van der Waals surface area (Å²) in [7, 11) is 0. The molecule has 1 aliphatic carbocycles. The highest BCUT2D eigenvalue weighted by Crippen LogP contribution is 2.52. The van der Waals surface area contributed by atoms with Crippen LogP contribution in [-0.4, -0.2) is 43.1 Å². The van der Waals surface area contributed by atoms with Crippen LogP contribution in [0.2, 0.25) is 0 Å². The number of hydrogen-bond donors (Lipinski definition) is 1. The molecule has 2 fully saturated rings. The van der Waals surface area contributed by atoms with Crippen LogP contribution in [-0.2, 0) is 20.7 Å². The Kier molecular flexibility index (Phi) is 7.06. The molecule has 5 nitrogen and oxygen atoms in total. The number of halogens is 1. The Labute approximate surface area is 180 Å². The van der Waals surface area contributed by atoms with E-state index >= 15 is 0 Å². The van der Waals surface area contributed by atoms with Gasteiger partial charge in [0, 0.05) is 41.5 Å². The maximum absolute atomic E-state index is 10.8. The van der Waals surface area contributed by atoms with Crippen LogP contribution in [0.25, 0.3) is 0 Å². The predicted molar refractivity (Wildman–Crippen MR) is 113 cm³/mol. The first-order valence-electron chi connectivity index (χ1n) is 10.7.